The zero-order chi connectivity index (χ0) is 21.8. The molecule has 6 nitrogen and oxygen atoms in total. The molecule has 2 rings (SSSR count). The van der Waals surface area contributed by atoms with Crippen molar-refractivity contribution in [1.82, 2.24) is 4.90 Å². The van der Waals surface area contributed by atoms with Gasteiger partial charge in [-0.05, 0) is 71.4 Å². The van der Waals surface area contributed by atoms with Crippen molar-refractivity contribution < 1.29 is 19.1 Å². The van der Waals surface area contributed by atoms with Crippen LogP contribution in [-0.4, -0.2) is 41.3 Å². The van der Waals surface area contributed by atoms with Crippen LogP contribution in [0, 0.1) is 11.8 Å². The lowest BCUT2D eigenvalue weighted by atomic mass is 9.85. The van der Waals surface area contributed by atoms with E-state index in [1.165, 1.54) is 0 Å². The zero-order valence-corrected chi connectivity index (χ0v) is 19.9. The molecule has 1 aromatic carbocycles. The summed E-state index contributed by atoms with van der Waals surface area (Å²) in [6.07, 6.45) is 0.989. The number of carbonyl (C=O) groups excluding carboxylic acids is 2. The van der Waals surface area contributed by atoms with Crippen molar-refractivity contribution in [1.29, 1.82) is 0 Å². The Morgan fingerprint density at radius 3 is 2.27 bits per heavy atom. The number of nitrogens with two attached hydrogens (primary N) is 1. The maximum atomic E-state index is 13.0. The van der Waals surface area contributed by atoms with Crippen molar-refractivity contribution in [2.24, 2.45) is 17.6 Å². The highest BCUT2D eigenvalue weighted by Crippen LogP contribution is 2.30. The van der Waals surface area contributed by atoms with Crippen molar-refractivity contribution in [3.05, 3.63) is 35.4 Å². The Kier molecular flexibility index (Phi) is 9.18. The Bertz CT molecular complexity index is 725. The molecule has 1 amide bonds. The van der Waals surface area contributed by atoms with Crippen LogP contribution in [0.4, 0.5) is 4.79 Å². The van der Waals surface area contributed by atoms with Gasteiger partial charge < -0.3 is 20.1 Å². The molecule has 1 aliphatic rings. The van der Waals surface area contributed by atoms with E-state index in [4.69, 9.17) is 15.2 Å². The van der Waals surface area contributed by atoms with Crippen LogP contribution in [0.15, 0.2) is 24.3 Å². The molecule has 7 heteroatoms. The van der Waals surface area contributed by atoms with Crippen molar-refractivity contribution in [2.75, 3.05) is 13.1 Å². The van der Waals surface area contributed by atoms with E-state index in [1.54, 1.807) is 4.90 Å². The molecule has 1 aliphatic heterocycles. The van der Waals surface area contributed by atoms with Crippen LogP contribution in [-0.2, 0) is 27.2 Å². The number of amides is 1. The van der Waals surface area contributed by atoms with Gasteiger partial charge in [0, 0.05) is 19.6 Å². The molecule has 1 saturated heterocycles. The van der Waals surface area contributed by atoms with E-state index in [2.05, 4.69) is 0 Å². The van der Waals surface area contributed by atoms with Crippen molar-refractivity contribution >= 4 is 24.5 Å². The van der Waals surface area contributed by atoms with Gasteiger partial charge in [-0.3, -0.25) is 4.79 Å². The average Bonchev–Trinajstić information content (AvgIpc) is 3.06. The first-order valence-corrected chi connectivity index (χ1v) is 10.4. The summed E-state index contributed by atoms with van der Waals surface area (Å²) in [6.45, 7) is 12.7. The van der Waals surface area contributed by atoms with E-state index in [1.807, 2.05) is 65.8 Å². The van der Waals surface area contributed by atoms with Gasteiger partial charge in [-0.15, -0.1) is 12.4 Å². The third kappa shape index (κ3) is 8.15. The number of nitrogens with zero attached hydrogens (tertiary/aromatic N) is 1. The summed E-state index contributed by atoms with van der Waals surface area (Å²) in [5.74, 6) is -0.514. The second kappa shape index (κ2) is 10.5. The lowest BCUT2D eigenvalue weighted by Crippen LogP contribution is -2.38. The Morgan fingerprint density at radius 1 is 1.10 bits per heavy atom. The summed E-state index contributed by atoms with van der Waals surface area (Å²) in [5.41, 5.74) is 6.76. The minimum Gasteiger partial charge on any atom is -0.460 e. The van der Waals surface area contributed by atoms with Gasteiger partial charge in [0.05, 0.1) is 5.92 Å². The lowest BCUT2D eigenvalue weighted by molar-refractivity contribution is -0.161. The molecule has 0 saturated carbocycles. The molecule has 30 heavy (non-hydrogen) atoms. The van der Waals surface area contributed by atoms with Crippen LogP contribution in [0.3, 0.4) is 0 Å². The topological polar surface area (TPSA) is 81.9 Å². The summed E-state index contributed by atoms with van der Waals surface area (Å²) in [6, 6.07) is 7.99. The van der Waals surface area contributed by atoms with Crippen molar-refractivity contribution in [3.8, 4) is 0 Å². The SMILES string of the molecule is CC(C)(C)OC(=O)[C@@H](Cc1cccc(CN)c1)[C@H]1CCN(C(=O)OC(C)(C)C)C1.Cl. The fourth-order valence-electron chi connectivity index (χ4n) is 3.57. The van der Waals surface area contributed by atoms with Gasteiger partial charge in [-0.2, -0.15) is 0 Å². The normalized spacial score (nSPS) is 17.8. The van der Waals surface area contributed by atoms with E-state index in [-0.39, 0.29) is 36.3 Å². The molecule has 0 bridgehead atoms. The largest absolute Gasteiger partial charge is 0.460 e. The summed E-state index contributed by atoms with van der Waals surface area (Å²) in [4.78, 5) is 27.2. The summed E-state index contributed by atoms with van der Waals surface area (Å²) < 4.78 is 11.2. The minimum absolute atomic E-state index is 0. The standard InChI is InChI=1S/C23H36N2O4.ClH/c1-22(2,3)28-20(26)19(13-16-8-7-9-17(12-16)14-24)18-10-11-25(15-18)21(27)29-23(4,5)6;/h7-9,12,18-19H,10-11,13-15,24H2,1-6H3;1H/t18-,19-;/m0./s1. The molecule has 1 aromatic rings. The second-order valence-corrected chi connectivity index (χ2v) is 9.84. The van der Waals surface area contributed by atoms with E-state index < -0.39 is 11.2 Å². The van der Waals surface area contributed by atoms with Gasteiger partial charge in [-0.25, -0.2) is 4.79 Å². The number of ether oxygens (including phenoxy) is 2. The fraction of sp³-hybridized carbons (Fsp3) is 0.652. The highest BCUT2D eigenvalue weighted by Gasteiger charge is 2.39. The molecule has 1 fully saturated rings. The molecule has 170 valence electrons. The van der Waals surface area contributed by atoms with Crippen LogP contribution >= 0.6 is 12.4 Å². The number of hydrogen-bond donors (Lipinski definition) is 1. The Hall–Kier alpha value is -1.79. The Balaban J connectivity index is 0.00000450. The van der Waals surface area contributed by atoms with E-state index in [9.17, 15) is 9.59 Å². The van der Waals surface area contributed by atoms with Crippen LogP contribution in [0.2, 0.25) is 0 Å². The highest BCUT2D eigenvalue weighted by atomic mass is 35.5. The molecular formula is C23H37ClN2O4. The first-order valence-electron chi connectivity index (χ1n) is 10.4. The maximum Gasteiger partial charge on any atom is 0.410 e. The molecule has 0 radical (unpaired) electrons. The number of esters is 1. The molecule has 1 heterocycles. The van der Waals surface area contributed by atoms with Crippen molar-refractivity contribution in [3.63, 3.8) is 0 Å². The van der Waals surface area contributed by atoms with E-state index in [0.717, 1.165) is 17.5 Å². The molecule has 0 aromatic heterocycles. The van der Waals surface area contributed by atoms with Gasteiger partial charge >= 0.3 is 12.1 Å². The summed E-state index contributed by atoms with van der Waals surface area (Å²) >= 11 is 0. The molecular weight excluding hydrogens is 404 g/mol. The van der Waals surface area contributed by atoms with Crippen LogP contribution in [0.25, 0.3) is 0 Å². The molecule has 2 N–H and O–H groups in total. The molecule has 0 spiro atoms. The Morgan fingerprint density at radius 2 is 1.70 bits per heavy atom. The highest BCUT2D eigenvalue weighted by molar-refractivity contribution is 5.85. The number of rotatable bonds is 5. The third-order valence-electron chi connectivity index (χ3n) is 4.84. The van der Waals surface area contributed by atoms with Gasteiger partial charge in [0.15, 0.2) is 0 Å². The third-order valence-corrected chi connectivity index (χ3v) is 4.84. The maximum absolute atomic E-state index is 13.0. The van der Waals surface area contributed by atoms with Crippen LogP contribution in [0.5, 0.6) is 0 Å². The molecule has 0 aliphatic carbocycles. The zero-order valence-electron chi connectivity index (χ0n) is 19.1. The number of hydrogen-bond acceptors (Lipinski definition) is 5. The van der Waals surface area contributed by atoms with Crippen molar-refractivity contribution in [2.45, 2.75) is 72.1 Å². The van der Waals surface area contributed by atoms with Crippen LogP contribution in [0.1, 0.15) is 59.1 Å². The fourth-order valence-corrected chi connectivity index (χ4v) is 3.57. The lowest BCUT2D eigenvalue weighted by Gasteiger charge is -2.28. The first-order chi connectivity index (χ1) is 13.4. The summed E-state index contributed by atoms with van der Waals surface area (Å²) in [7, 11) is 0. The number of carbonyl (C=O) groups is 2. The van der Waals surface area contributed by atoms with Gasteiger partial charge in [0.25, 0.3) is 0 Å². The summed E-state index contributed by atoms with van der Waals surface area (Å²) in [5, 5.41) is 0. The smallest absolute Gasteiger partial charge is 0.410 e. The number of benzene rings is 1. The number of likely N-dealkylation sites (tertiary alicyclic amines) is 1. The number of halogens is 1. The molecule has 2 atom stereocenters. The van der Waals surface area contributed by atoms with E-state index in [0.29, 0.717) is 26.1 Å². The minimum atomic E-state index is -0.558. The van der Waals surface area contributed by atoms with Gasteiger partial charge in [-0.1, -0.05) is 24.3 Å². The molecule has 0 unspecified atom stereocenters. The van der Waals surface area contributed by atoms with Gasteiger partial charge in [0.2, 0.25) is 0 Å². The predicted molar refractivity (Wildman–Crippen MR) is 121 cm³/mol. The van der Waals surface area contributed by atoms with E-state index >= 15 is 0 Å². The van der Waals surface area contributed by atoms with Crippen LogP contribution < -0.4 is 5.73 Å². The Labute approximate surface area is 186 Å². The van der Waals surface area contributed by atoms with Gasteiger partial charge in [0.1, 0.15) is 11.2 Å². The monoisotopic (exact) mass is 440 g/mol. The second-order valence-electron chi connectivity index (χ2n) is 9.84. The average molecular weight is 441 g/mol. The quantitative estimate of drug-likeness (QED) is 0.689. The predicted octanol–water partition coefficient (Wildman–Crippen LogP) is 4.32. The first kappa shape index (κ1) is 26.2.